The Bertz CT molecular complexity index is 773. The molecule has 0 saturated heterocycles. The number of fused-ring (bicyclic) bond motifs is 3. The predicted octanol–water partition coefficient (Wildman–Crippen LogP) is 0.176. The molecule has 0 bridgehead atoms. The summed E-state index contributed by atoms with van der Waals surface area (Å²) in [5, 5.41) is 0. The molecule has 2 aromatic rings. The number of benzene rings is 2. The molecule has 0 amide bonds. The third kappa shape index (κ3) is 4.93. The molecule has 26 heavy (non-hydrogen) atoms. The van der Waals surface area contributed by atoms with Crippen molar-refractivity contribution in [2.45, 2.75) is 41.0 Å². The van der Waals surface area contributed by atoms with Gasteiger partial charge in [0.25, 0.3) is 0 Å². The maximum atomic E-state index is 3.44. The van der Waals surface area contributed by atoms with Crippen LogP contribution in [0.2, 0.25) is 0 Å². The largest absolute Gasteiger partial charge is 2.00 e. The molecule has 4 rings (SSSR count). The Balaban J connectivity index is 0.000000445. The second-order valence-electron chi connectivity index (χ2n) is 7.02. The van der Waals surface area contributed by atoms with E-state index in [1.54, 1.807) is 0 Å². The number of halogens is 2. The van der Waals surface area contributed by atoms with E-state index < -0.39 is 0 Å². The van der Waals surface area contributed by atoms with Gasteiger partial charge in [-0.05, 0) is 6.42 Å². The van der Waals surface area contributed by atoms with Crippen molar-refractivity contribution in [3.8, 4) is 11.1 Å². The number of hydrogen-bond acceptors (Lipinski definition) is 0. The molecule has 0 heterocycles. The minimum Gasteiger partial charge on any atom is -1.00 e. The molecular formula is C23H24Cl2Ti-2. The minimum atomic E-state index is 0. The van der Waals surface area contributed by atoms with Crippen molar-refractivity contribution in [3.05, 3.63) is 82.5 Å². The zero-order chi connectivity index (χ0) is 16.6. The van der Waals surface area contributed by atoms with Crippen molar-refractivity contribution in [2.75, 3.05) is 0 Å². The van der Waals surface area contributed by atoms with E-state index in [2.05, 4.69) is 83.2 Å². The van der Waals surface area contributed by atoms with Crippen LogP contribution in [-0.2, 0) is 28.1 Å². The fourth-order valence-corrected chi connectivity index (χ4v) is 3.40. The summed E-state index contributed by atoms with van der Waals surface area (Å²) in [6, 6.07) is 18.1. The maximum Gasteiger partial charge on any atom is 2.00 e. The Morgan fingerprint density at radius 2 is 1.50 bits per heavy atom. The maximum absolute atomic E-state index is 3.44. The first-order valence-corrected chi connectivity index (χ1v) is 8.28. The van der Waals surface area contributed by atoms with Crippen LogP contribution in [0.15, 0.2) is 59.2 Å². The van der Waals surface area contributed by atoms with Gasteiger partial charge in [-0.2, -0.15) is 41.0 Å². The second-order valence-corrected chi connectivity index (χ2v) is 7.02. The van der Waals surface area contributed by atoms with Crippen molar-refractivity contribution in [1.82, 2.24) is 0 Å². The summed E-state index contributed by atoms with van der Waals surface area (Å²) in [7, 11) is 0. The van der Waals surface area contributed by atoms with Crippen LogP contribution in [-0.4, -0.2) is 0 Å². The van der Waals surface area contributed by atoms with E-state index in [-0.39, 0.29) is 51.9 Å². The minimum absolute atomic E-state index is 0. The SMILES string of the molecule is CC1=[C-]C(C)(C)C(C)=C1C.[Cl-].[Cl-].[Ti+2].[c-]1cccc2c1Cc1ccccc1-2. The number of rotatable bonds is 0. The molecule has 2 aromatic carbocycles. The molecular weight excluding hydrogens is 395 g/mol. The summed E-state index contributed by atoms with van der Waals surface area (Å²) in [6.45, 7) is 10.9. The molecule has 0 fully saturated rings. The van der Waals surface area contributed by atoms with Crippen LogP contribution in [0.25, 0.3) is 11.1 Å². The molecule has 0 nitrogen and oxygen atoms in total. The average molecular weight is 419 g/mol. The van der Waals surface area contributed by atoms with Crippen molar-refractivity contribution >= 4 is 0 Å². The molecule has 0 atom stereocenters. The Hall–Kier alpha value is -0.786. The van der Waals surface area contributed by atoms with Gasteiger partial charge in [-0.15, -0.1) is 12.5 Å². The van der Waals surface area contributed by atoms with Gasteiger partial charge in [0, 0.05) is 0 Å². The van der Waals surface area contributed by atoms with Gasteiger partial charge in [-0.25, -0.2) is 5.57 Å². The Morgan fingerprint density at radius 3 is 2.04 bits per heavy atom. The van der Waals surface area contributed by atoms with E-state index in [9.17, 15) is 0 Å². The van der Waals surface area contributed by atoms with Gasteiger partial charge in [-0.3, -0.25) is 6.08 Å². The molecule has 0 saturated carbocycles. The fourth-order valence-electron chi connectivity index (χ4n) is 3.40. The zero-order valence-corrected chi connectivity index (χ0v) is 19.1. The molecule has 136 valence electrons. The van der Waals surface area contributed by atoms with Gasteiger partial charge >= 0.3 is 21.7 Å². The molecule has 0 aliphatic heterocycles. The van der Waals surface area contributed by atoms with Crippen molar-refractivity contribution < 1.29 is 46.5 Å². The fraction of sp³-hybridized carbons (Fsp3) is 0.304. The Kier molecular flexibility index (Phi) is 9.65. The summed E-state index contributed by atoms with van der Waals surface area (Å²) in [6.07, 6.45) is 4.48. The molecule has 0 spiro atoms. The summed E-state index contributed by atoms with van der Waals surface area (Å²) < 4.78 is 0. The number of hydrogen-bond donors (Lipinski definition) is 0. The quantitative estimate of drug-likeness (QED) is 0.360. The summed E-state index contributed by atoms with van der Waals surface area (Å²) in [5.74, 6) is 0. The van der Waals surface area contributed by atoms with Crippen LogP contribution in [0.4, 0.5) is 0 Å². The monoisotopic (exact) mass is 418 g/mol. The van der Waals surface area contributed by atoms with Gasteiger partial charge in [0.2, 0.25) is 0 Å². The first kappa shape index (κ1) is 25.2. The first-order valence-electron chi connectivity index (χ1n) is 8.28. The van der Waals surface area contributed by atoms with Crippen LogP contribution >= 0.6 is 0 Å². The molecule has 0 N–H and O–H groups in total. The van der Waals surface area contributed by atoms with Gasteiger partial charge in [0.05, 0.1) is 0 Å². The average Bonchev–Trinajstić information content (AvgIpc) is 2.99. The standard InChI is InChI=1S/C13H9.C10H15.2ClH.Ti/c1-3-7-12-10(5-1)9-11-6-2-4-8-13(11)12;1-7-6-10(4,5)9(3)8(7)2;;;/h1-5,7-8H,9H2;1-5H3;2*1H;/q2*-1;;;+2/p-2. The molecule has 2 aliphatic carbocycles. The second kappa shape index (κ2) is 9.95. The molecule has 0 aromatic heterocycles. The van der Waals surface area contributed by atoms with E-state index in [0.29, 0.717) is 0 Å². The van der Waals surface area contributed by atoms with Crippen molar-refractivity contribution in [2.24, 2.45) is 5.41 Å². The van der Waals surface area contributed by atoms with E-state index in [4.69, 9.17) is 0 Å². The molecule has 2 aliphatic rings. The summed E-state index contributed by atoms with van der Waals surface area (Å²) in [4.78, 5) is 0. The third-order valence-electron chi connectivity index (χ3n) is 5.18. The van der Waals surface area contributed by atoms with E-state index in [1.165, 1.54) is 39.0 Å². The van der Waals surface area contributed by atoms with Crippen LogP contribution in [0.1, 0.15) is 45.7 Å². The molecule has 0 radical (unpaired) electrons. The summed E-state index contributed by atoms with van der Waals surface area (Å²) in [5.41, 5.74) is 9.90. The first-order chi connectivity index (χ1) is 10.9. The van der Waals surface area contributed by atoms with Crippen LogP contribution in [0.3, 0.4) is 0 Å². The predicted molar refractivity (Wildman–Crippen MR) is 98.1 cm³/mol. The molecule has 3 heteroatoms. The van der Waals surface area contributed by atoms with Crippen molar-refractivity contribution in [3.63, 3.8) is 0 Å². The van der Waals surface area contributed by atoms with Crippen LogP contribution < -0.4 is 24.8 Å². The zero-order valence-electron chi connectivity index (χ0n) is 16.0. The van der Waals surface area contributed by atoms with E-state index >= 15 is 0 Å². The van der Waals surface area contributed by atoms with Gasteiger partial charge in [0.1, 0.15) is 0 Å². The van der Waals surface area contributed by atoms with Gasteiger partial charge < -0.3 is 24.8 Å². The third-order valence-corrected chi connectivity index (χ3v) is 5.18. The normalized spacial score (nSPS) is 15.2. The van der Waals surface area contributed by atoms with Gasteiger partial charge in [-0.1, -0.05) is 68.5 Å². The number of allylic oxidation sites excluding steroid dienone is 4. The topological polar surface area (TPSA) is 0 Å². The summed E-state index contributed by atoms with van der Waals surface area (Å²) >= 11 is 0. The Morgan fingerprint density at radius 1 is 0.885 bits per heavy atom. The van der Waals surface area contributed by atoms with Gasteiger partial charge in [0.15, 0.2) is 0 Å². The van der Waals surface area contributed by atoms with Crippen LogP contribution in [0, 0.1) is 17.6 Å². The Labute approximate surface area is 185 Å². The van der Waals surface area contributed by atoms with Crippen molar-refractivity contribution in [1.29, 1.82) is 0 Å². The smallest absolute Gasteiger partial charge is 1.00 e. The molecule has 0 unspecified atom stereocenters. The van der Waals surface area contributed by atoms with E-state index in [0.717, 1.165) is 6.42 Å². The van der Waals surface area contributed by atoms with E-state index in [1.807, 2.05) is 6.07 Å². The van der Waals surface area contributed by atoms with Crippen LogP contribution in [0.5, 0.6) is 0 Å².